The highest BCUT2D eigenvalue weighted by Crippen LogP contribution is 2.24. The van der Waals surface area contributed by atoms with Crippen LogP contribution in [-0.2, 0) is 0 Å². The average Bonchev–Trinajstić information content (AvgIpc) is 3.05. The van der Waals surface area contributed by atoms with Crippen LogP contribution in [0.5, 0.6) is 11.5 Å². The average molecular weight is 393 g/mol. The molecule has 29 heavy (non-hydrogen) atoms. The molecule has 150 valence electrons. The molecule has 0 spiro atoms. The van der Waals surface area contributed by atoms with Crippen molar-refractivity contribution in [2.24, 2.45) is 0 Å². The van der Waals surface area contributed by atoms with Gasteiger partial charge in [0, 0.05) is 17.1 Å². The Kier molecular flexibility index (Phi) is 5.87. The molecule has 2 N–H and O–H groups in total. The fraction of sp³-hybridized carbons (Fsp3) is 0.182. The van der Waals surface area contributed by atoms with Crippen LogP contribution in [-0.4, -0.2) is 30.6 Å². The first-order valence-electron chi connectivity index (χ1n) is 9.03. The van der Waals surface area contributed by atoms with E-state index in [1.807, 2.05) is 48.7 Å². The van der Waals surface area contributed by atoms with E-state index in [0.29, 0.717) is 17.1 Å². The van der Waals surface area contributed by atoms with E-state index in [4.69, 9.17) is 9.47 Å². The third-order valence-electron chi connectivity index (χ3n) is 4.63. The molecule has 0 bridgehead atoms. The first-order chi connectivity index (χ1) is 14.0. The van der Waals surface area contributed by atoms with Crippen LogP contribution >= 0.6 is 0 Å². The van der Waals surface area contributed by atoms with Gasteiger partial charge in [0.15, 0.2) is 0 Å². The van der Waals surface area contributed by atoms with E-state index < -0.39 is 11.8 Å². The van der Waals surface area contributed by atoms with Gasteiger partial charge in [0.1, 0.15) is 11.5 Å². The summed E-state index contributed by atoms with van der Waals surface area (Å²) < 4.78 is 12.3. The lowest BCUT2D eigenvalue weighted by Crippen LogP contribution is -2.41. The minimum Gasteiger partial charge on any atom is -0.497 e. The molecule has 2 aromatic carbocycles. The van der Waals surface area contributed by atoms with Crippen molar-refractivity contribution in [3.8, 4) is 17.2 Å². The second kappa shape index (κ2) is 8.52. The molecule has 0 atom stereocenters. The summed E-state index contributed by atoms with van der Waals surface area (Å²) in [6.45, 7) is 3.79. The number of aryl methyl sites for hydroxylation is 1. The smallest absolute Gasteiger partial charge is 0.273 e. The van der Waals surface area contributed by atoms with Gasteiger partial charge in [-0.15, -0.1) is 0 Å². The Morgan fingerprint density at radius 3 is 2.10 bits per heavy atom. The molecular weight excluding hydrogens is 370 g/mol. The third kappa shape index (κ3) is 4.08. The molecule has 3 rings (SSSR count). The fourth-order valence-corrected chi connectivity index (χ4v) is 3.21. The minimum absolute atomic E-state index is 0.252. The van der Waals surface area contributed by atoms with E-state index in [-0.39, 0.29) is 5.56 Å². The SMILES string of the molecule is COc1ccc(OC)c(C(=O)NNC(=O)c2cc(C)n(-c3ccccc3)c2C)c1. The number of para-hydroxylation sites is 1. The molecule has 0 fully saturated rings. The van der Waals surface area contributed by atoms with E-state index in [2.05, 4.69) is 10.9 Å². The van der Waals surface area contributed by atoms with Crippen molar-refractivity contribution in [3.05, 3.63) is 77.1 Å². The molecule has 1 heterocycles. The number of hydrogen-bond acceptors (Lipinski definition) is 4. The lowest BCUT2D eigenvalue weighted by Gasteiger charge is -2.12. The summed E-state index contributed by atoms with van der Waals surface area (Å²) in [5.41, 5.74) is 8.29. The highest BCUT2D eigenvalue weighted by Gasteiger charge is 2.19. The van der Waals surface area contributed by atoms with Crippen LogP contribution < -0.4 is 20.3 Å². The van der Waals surface area contributed by atoms with Crippen molar-refractivity contribution in [3.63, 3.8) is 0 Å². The number of rotatable bonds is 5. The van der Waals surface area contributed by atoms with Crippen LogP contribution in [0.4, 0.5) is 0 Å². The van der Waals surface area contributed by atoms with Crippen molar-refractivity contribution in [1.82, 2.24) is 15.4 Å². The molecule has 7 nitrogen and oxygen atoms in total. The number of aromatic nitrogens is 1. The summed E-state index contributed by atoms with van der Waals surface area (Å²) in [5, 5.41) is 0. The minimum atomic E-state index is -0.508. The molecule has 0 saturated carbocycles. The molecule has 0 unspecified atom stereocenters. The first kappa shape index (κ1) is 20.0. The van der Waals surface area contributed by atoms with Gasteiger partial charge in [0.05, 0.1) is 25.3 Å². The molecule has 0 saturated heterocycles. The number of nitrogens with zero attached hydrogens (tertiary/aromatic N) is 1. The summed E-state index contributed by atoms with van der Waals surface area (Å²) in [7, 11) is 2.98. The number of hydrazine groups is 1. The molecule has 0 radical (unpaired) electrons. The summed E-state index contributed by atoms with van der Waals surface area (Å²) >= 11 is 0. The zero-order valence-electron chi connectivity index (χ0n) is 16.8. The van der Waals surface area contributed by atoms with Gasteiger partial charge < -0.3 is 14.0 Å². The van der Waals surface area contributed by atoms with Gasteiger partial charge in [-0.25, -0.2) is 0 Å². The van der Waals surface area contributed by atoms with Gasteiger partial charge in [0.2, 0.25) is 0 Å². The molecule has 0 aliphatic carbocycles. The lowest BCUT2D eigenvalue weighted by molar-refractivity contribution is 0.0844. The number of hydrogen-bond donors (Lipinski definition) is 2. The predicted molar refractivity (Wildman–Crippen MR) is 110 cm³/mol. The highest BCUT2D eigenvalue weighted by atomic mass is 16.5. The number of amides is 2. The van der Waals surface area contributed by atoms with Gasteiger partial charge in [0.25, 0.3) is 11.8 Å². The Hall–Kier alpha value is -3.74. The van der Waals surface area contributed by atoms with Gasteiger partial charge in [-0.1, -0.05) is 18.2 Å². The Morgan fingerprint density at radius 1 is 0.828 bits per heavy atom. The van der Waals surface area contributed by atoms with Crippen molar-refractivity contribution >= 4 is 11.8 Å². The maximum atomic E-state index is 12.7. The van der Waals surface area contributed by atoms with Gasteiger partial charge >= 0.3 is 0 Å². The van der Waals surface area contributed by atoms with Gasteiger partial charge in [-0.3, -0.25) is 20.4 Å². The van der Waals surface area contributed by atoms with Crippen LogP contribution in [0.15, 0.2) is 54.6 Å². The van der Waals surface area contributed by atoms with E-state index in [1.54, 1.807) is 24.3 Å². The quantitative estimate of drug-likeness (QED) is 0.653. The topological polar surface area (TPSA) is 81.6 Å². The Balaban J connectivity index is 1.78. The molecule has 0 aliphatic heterocycles. The number of methoxy groups -OCH3 is 2. The normalized spacial score (nSPS) is 10.3. The molecule has 7 heteroatoms. The standard InChI is InChI=1S/C22H23N3O4/c1-14-12-18(15(2)25(14)16-8-6-5-7-9-16)21(26)23-24-22(27)19-13-17(28-3)10-11-20(19)29-4/h5-13H,1-4H3,(H,23,26)(H,24,27). The van der Waals surface area contributed by atoms with E-state index in [9.17, 15) is 9.59 Å². The Bertz CT molecular complexity index is 1040. The van der Waals surface area contributed by atoms with Crippen molar-refractivity contribution in [2.75, 3.05) is 14.2 Å². The molecule has 2 amide bonds. The van der Waals surface area contributed by atoms with Crippen LogP contribution in [0.25, 0.3) is 5.69 Å². The predicted octanol–water partition coefficient (Wildman–Crippen LogP) is 3.19. The second-order valence-corrected chi connectivity index (χ2v) is 6.43. The highest BCUT2D eigenvalue weighted by molar-refractivity contribution is 6.01. The van der Waals surface area contributed by atoms with Crippen LogP contribution in [0.1, 0.15) is 32.1 Å². The van der Waals surface area contributed by atoms with E-state index in [0.717, 1.165) is 17.1 Å². The fourth-order valence-electron chi connectivity index (χ4n) is 3.21. The zero-order valence-corrected chi connectivity index (χ0v) is 16.8. The monoisotopic (exact) mass is 393 g/mol. The largest absolute Gasteiger partial charge is 0.497 e. The zero-order chi connectivity index (χ0) is 21.0. The summed E-state index contributed by atoms with van der Waals surface area (Å²) in [5.74, 6) is -0.0325. The number of carbonyl (C=O) groups is 2. The summed E-state index contributed by atoms with van der Waals surface area (Å²) in [6, 6.07) is 16.4. The van der Waals surface area contributed by atoms with Crippen molar-refractivity contribution in [1.29, 1.82) is 0 Å². The molecular formula is C22H23N3O4. The summed E-state index contributed by atoms with van der Waals surface area (Å²) in [4.78, 5) is 25.2. The van der Waals surface area contributed by atoms with Gasteiger partial charge in [-0.05, 0) is 50.2 Å². The van der Waals surface area contributed by atoms with Crippen LogP contribution in [0.3, 0.4) is 0 Å². The van der Waals surface area contributed by atoms with Crippen LogP contribution in [0, 0.1) is 13.8 Å². The second-order valence-electron chi connectivity index (χ2n) is 6.43. The van der Waals surface area contributed by atoms with Crippen molar-refractivity contribution in [2.45, 2.75) is 13.8 Å². The van der Waals surface area contributed by atoms with Crippen LogP contribution in [0.2, 0.25) is 0 Å². The molecule has 3 aromatic rings. The number of ether oxygens (including phenoxy) is 2. The third-order valence-corrected chi connectivity index (χ3v) is 4.63. The van der Waals surface area contributed by atoms with Crippen molar-refractivity contribution < 1.29 is 19.1 Å². The first-order valence-corrected chi connectivity index (χ1v) is 9.03. The maximum absolute atomic E-state index is 12.7. The summed E-state index contributed by atoms with van der Waals surface area (Å²) in [6.07, 6.45) is 0. The molecule has 1 aromatic heterocycles. The number of nitrogens with one attached hydrogen (secondary N) is 2. The number of carbonyl (C=O) groups excluding carboxylic acids is 2. The number of benzene rings is 2. The molecule has 0 aliphatic rings. The van der Waals surface area contributed by atoms with E-state index >= 15 is 0 Å². The Labute approximate surface area is 169 Å². The van der Waals surface area contributed by atoms with E-state index in [1.165, 1.54) is 14.2 Å². The Morgan fingerprint density at radius 2 is 1.48 bits per heavy atom. The lowest BCUT2D eigenvalue weighted by atomic mass is 10.2. The maximum Gasteiger partial charge on any atom is 0.273 e. The van der Waals surface area contributed by atoms with Gasteiger partial charge in [-0.2, -0.15) is 0 Å².